The van der Waals surface area contributed by atoms with E-state index in [0.717, 1.165) is 34.1 Å². The van der Waals surface area contributed by atoms with Crippen LogP contribution in [0.5, 0.6) is 0 Å². The molecular formula is C64H56N2. The van der Waals surface area contributed by atoms with Gasteiger partial charge in [-0.05, 0) is 182 Å². The van der Waals surface area contributed by atoms with Crippen molar-refractivity contribution < 1.29 is 0 Å². The first-order chi connectivity index (χ1) is 31.9. The largest absolute Gasteiger partial charge is 0.311 e. The molecule has 0 N–H and O–H groups in total. The summed E-state index contributed by atoms with van der Waals surface area (Å²) in [5.74, 6) is 0. The molecule has 2 nitrogen and oxygen atoms in total. The van der Waals surface area contributed by atoms with Crippen LogP contribution < -0.4 is 9.80 Å². The molecule has 9 aromatic carbocycles. The van der Waals surface area contributed by atoms with Crippen molar-refractivity contribution in [2.24, 2.45) is 0 Å². The minimum atomic E-state index is -0.614. The molecule has 322 valence electrons. The van der Waals surface area contributed by atoms with E-state index < -0.39 is 5.41 Å². The van der Waals surface area contributed by atoms with Crippen LogP contribution in [0.15, 0.2) is 194 Å². The molecule has 0 atom stereocenters. The van der Waals surface area contributed by atoms with Gasteiger partial charge in [0.15, 0.2) is 0 Å². The van der Waals surface area contributed by atoms with E-state index in [2.05, 4.69) is 259 Å². The SMILES string of the molecule is Cc1ccc(N(c2ccc(C)cc2)c2ccc(C3(c4ccc(N(c5ccc(C)cc5)c5ccc(C)cc5)cc4)c4cc(C)ccc4-c4cc5c(cc43)-c3ccc(C)cc3C5(C)C)cc2)cc1. The van der Waals surface area contributed by atoms with Gasteiger partial charge in [0.05, 0.1) is 5.41 Å². The number of aryl methyl sites for hydroxylation is 6. The first-order valence-electron chi connectivity index (χ1n) is 23.4. The fraction of sp³-hybridized carbons (Fsp3) is 0.156. The highest BCUT2D eigenvalue weighted by Crippen LogP contribution is 2.60. The molecule has 66 heavy (non-hydrogen) atoms. The molecular weight excluding hydrogens is 797 g/mol. The molecule has 0 aliphatic heterocycles. The van der Waals surface area contributed by atoms with Crippen LogP contribution in [0.1, 0.15) is 80.6 Å². The maximum absolute atomic E-state index is 2.57. The Labute approximate surface area is 391 Å². The molecule has 0 radical (unpaired) electrons. The topological polar surface area (TPSA) is 6.48 Å². The molecule has 0 heterocycles. The quantitative estimate of drug-likeness (QED) is 0.150. The van der Waals surface area contributed by atoms with Crippen LogP contribution in [0.25, 0.3) is 22.3 Å². The molecule has 0 fully saturated rings. The Hall–Kier alpha value is -7.42. The van der Waals surface area contributed by atoms with Crippen molar-refractivity contribution >= 4 is 34.1 Å². The van der Waals surface area contributed by atoms with Gasteiger partial charge in [0, 0.05) is 39.5 Å². The third-order valence-corrected chi connectivity index (χ3v) is 14.5. The summed E-state index contributed by atoms with van der Waals surface area (Å²) in [5.41, 5.74) is 26.8. The summed E-state index contributed by atoms with van der Waals surface area (Å²) in [6.45, 7) is 17.9. The normalized spacial score (nSPS) is 13.7. The zero-order valence-electron chi connectivity index (χ0n) is 39.4. The Morgan fingerprint density at radius 1 is 0.258 bits per heavy atom. The lowest BCUT2D eigenvalue weighted by Crippen LogP contribution is -2.29. The maximum Gasteiger partial charge on any atom is 0.0713 e. The van der Waals surface area contributed by atoms with E-state index in [1.54, 1.807) is 0 Å². The molecule has 0 unspecified atom stereocenters. The fourth-order valence-electron chi connectivity index (χ4n) is 11.0. The lowest BCUT2D eigenvalue weighted by atomic mass is 9.67. The van der Waals surface area contributed by atoms with Crippen LogP contribution in [0.2, 0.25) is 0 Å². The number of hydrogen-bond acceptors (Lipinski definition) is 2. The first-order valence-corrected chi connectivity index (χ1v) is 23.4. The number of hydrogen-bond donors (Lipinski definition) is 0. The average molecular weight is 853 g/mol. The Morgan fingerprint density at radius 2 is 0.515 bits per heavy atom. The summed E-state index contributed by atoms with van der Waals surface area (Å²) in [7, 11) is 0. The molecule has 2 aliphatic carbocycles. The molecule has 2 aliphatic rings. The third kappa shape index (κ3) is 6.61. The molecule has 0 saturated carbocycles. The smallest absolute Gasteiger partial charge is 0.0713 e. The third-order valence-electron chi connectivity index (χ3n) is 14.5. The predicted octanol–water partition coefficient (Wildman–Crippen LogP) is 17.1. The van der Waals surface area contributed by atoms with E-state index in [1.807, 2.05) is 0 Å². The zero-order valence-corrected chi connectivity index (χ0v) is 39.4. The zero-order chi connectivity index (χ0) is 45.5. The van der Waals surface area contributed by atoms with Crippen LogP contribution in [-0.2, 0) is 10.8 Å². The minimum Gasteiger partial charge on any atom is -0.311 e. The number of benzene rings is 9. The Morgan fingerprint density at radius 3 is 0.894 bits per heavy atom. The summed E-state index contributed by atoms with van der Waals surface area (Å²) in [6.07, 6.45) is 0. The van der Waals surface area contributed by atoms with Gasteiger partial charge in [-0.2, -0.15) is 0 Å². The summed E-state index contributed by atoms with van der Waals surface area (Å²) >= 11 is 0. The van der Waals surface area contributed by atoms with Gasteiger partial charge in [-0.15, -0.1) is 0 Å². The van der Waals surface area contributed by atoms with E-state index in [-0.39, 0.29) is 5.41 Å². The highest BCUT2D eigenvalue weighted by atomic mass is 15.1. The number of nitrogens with zero attached hydrogens (tertiary/aromatic N) is 2. The molecule has 11 rings (SSSR count). The lowest BCUT2D eigenvalue weighted by molar-refractivity contribution is 0.659. The summed E-state index contributed by atoms with van der Waals surface area (Å²) in [6, 6.07) is 73.8. The van der Waals surface area contributed by atoms with Crippen molar-refractivity contribution in [2.75, 3.05) is 9.80 Å². The van der Waals surface area contributed by atoms with E-state index >= 15 is 0 Å². The number of anilines is 6. The molecule has 0 bridgehead atoms. The standard InChI is InChI=1S/C64H56N2/c1-41-9-23-49(24-10-41)65(50-25-11-42(2)12-26-50)53-31-19-47(20-32-53)64(48-21-33-54(34-22-48)66(51-27-13-43(3)14-28-51)52-29-15-44(4)16-30-52)61-38-46(6)18-36-56(61)58-39-60-57(40-62(58)64)55-35-17-45(5)37-59(55)63(60,7)8/h9-40H,1-8H3. The Balaban J connectivity index is 1.15. The van der Waals surface area contributed by atoms with Crippen LogP contribution in [0.3, 0.4) is 0 Å². The summed E-state index contributed by atoms with van der Waals surface area (Å²) < 4.78 is 0. The minimum absolute atomic E-state index is 0.129. The van der Waals surface area contributed by atoms with Gasteiger partial charge in [0.1, 0.15) is 0 Å². The monoisotopic (exact) mass is 852 g/mol. The van der Waals surface area contributed by atoms with Crippen LogP contribution >= 0.6 is 0 Å². The van der Waals surface area contributed by atoms with Gasteiger partial charge >= 0.3 is 0 Å². The van der Waals surface area contributed by atoms with Gasteiger partial charge in [0.25, 0.3) is 0 Å². The molecule has 0 aromatic heterocycles. The van der Waals surface area contributed by atoms with Crippen molar-refractivity contribution in [3.63, 3.8) is 0 Å². The highest BCUT2D eigenvalue weighted by Gasteiger charge is 2.48. The first kappa shape index (κ1) is 41.3. The van der Waals surface area contributed by atoms with Gasteiger partial charge in [-0.3, -0.25) is 0 Å². The van der Waals surface area contributed by atoms with Crippen molar-refractivity contribution in [1.82, 2.24) is 0 Å². The van der Waals surface area contributed by atoms with Gasteiger partial charge in [-0.1, -0.05) is 156 Å². The van der Waals surface area contributed by atoms with Gasteiger partial charge in [0.2, 0.25) is 0 Å². The van der Waals surface area contributed by atoms with Gasteiger partial charge in [-0.25, -0.2) is 0 Å². The van der Waals surface area contributed by atoms with Crippen LogP contribution in [0, 0.1) is 41.5 Å². The maximum atomic E-state index is 2.57. The molecule has 9 aromatic rings. The lowest BCUT2D eigenvalue weighted by Gasteiger charge is -2.35. The Bertz CT molecular complexity index is 3050. The van der Waals surface area contributed by atoms with Crippen molar-refractivity contribution in [3.8, 4) is 22.3 Å². The van der Waals surface area contributed by atoms with E-state index in [4.69, 9.17) is 0 Å². The van der Waals surface area contributed by atoms with E-state index in [1.165, 1.54) is 89.0 Å². The van der Waals surface area contributed by atoms with Crippen molar-refractivity contribution in [1.29, 1.82) is 0 Å². The van der Waals surface area contributed by atoms with Crippen molar-refractivity contribution in [2.45, 2.75) is 66.2 Å². The number of rotatable bonds is 8. The van der Waals surface area contributed by atoms with Crippen LogP contribution in [-0.4, -0.2) is 0 Å². The average Bonchev–Trinajstić information content (AvgIpc) is 3.72. The number of fused-ring (bicyclic) bond motifs is 6. The Kier molecular flexibility index (Phi) is 9.78. The van der Waals surface area contributed by atoms with E-state index in [9.17, 15) is 0 Å². The summed E-state index contributed by atoms with van der Waals surface area (Å²) in [5, 5.41) is 0. The second-order valence-electron chi connectivity index (χ2n) is 19.5. The van der Waals surface area contributed by atoms with Gasteiger partial charge < -0.3 is 9.80 Å². The van der Waals surface area contributed by atoms with E-state index in [0.29, 0.717) is 0 Å². The second kappa shape index (κ2) is 15.6. The predicted molar refractivity (Wildman–Crippen MR) is 279 cm³/mol. The van der Waals surface area contributed by atoms with Crippen molar-refractivity contribution in [3.05, 3.63) is 261 Å². The second-order valence-corrected chi connectivity index (χ2v) is 19.5. The highest BCUT2D eigenvalue weighted by molar-refractivity contribution is 5.93. The molecule has 0 saturated heterocycles. The molecule has 0 spiro atoms. The fourth-order valence-corrected chi connectivity index (χ4v) is 11.0. The summed E-state index contributed by atoms with van der Waals surface area (Å²) in [4.78, 5) is 4.76. The molecule has 2 heteroatoms. The van der Waals surface area contributed by atoms with Crippen LogP contribution in [0.4, 0.5) is 34.1 Å². The molecule has 0 amide bonds.